The molecule has 2 fully saturated rings. The number of urea groups is 1. The molecule has 1 aromatic carbocycles. The van der Waals surface area contributed by atoms with Crippen LogP contribution in [0.25, 0.3) is 6.08 Å². The molecule has 1 aliphatic heterocycles. The summed E-state index contributed by atoms with van der Waals surface area (Å²) in [5, 5.41) is 2.31. The van der Waals surface area contributed by atoms with Gasteiger partial charge in [-0.05, 0) is 36.5 Å². The molecule has 5 heteroatoms. The van der Waals surface area contributed by atoms with Crippen LogP contribution < -0.4 is 5.32 Å². The number of imide groups is 2. The highest BCUT2D eigenvalue weighted by Gasteiger charge is 2.40. The van der Waals surface area contributed by atoms with E-state index in [2.05, 4.69) is 12.2 Å². The SMILES string of the molecule is CCc1ccc(C=C2C(=O)NC(=O)N(C3CCCCC3)C2=O)cc1. The first-order valence-corrected chi connectivity index (χ1v) is 8.59. The number of nitrogens with zero attached hydrogens (tertiary/aromatic N) is 1. The normalized spacial score (nSPS) is 21.3. The summed E-state index contributed by atoms with van der Waals surface area (Å²) < 4.78 is 0. The summed E-state index contributed by atoms with van der Waals surface area (Å²) in [7, 11) is 0. The van der Waals surface area contributed by atoms with Crippen molar-refractivity contribution >= 4 is 23.9 Å². The average molecular weight is 326 g/mol. The number of nitrogens with one attached hydrogen (secondary N) is 1. The second-order valence-corrected chi connectivity index (χ2v) is 6.38. The van der Waals surface area contributed by atoms with E-state index in [9.17, 15) is 14.4 Å². The Morgan fingerprint density at radius 2 is 1.75 bits per heavy atom. The van der Waals surface area contributed by atoms with Crippen LogP contribution in [0.3, 0.4) is 0 Å². The fourth-order valence-electron chi connectivity index (χ4n) is 3.36. The predicted molar refractivity (Wildman–Crippen MR) is 91.1 cm³/mol. The molecule has 0 bridgehead atoms. The third-order valence-corrected chi connectivity index (χ3v) is 4.77. The molecule has 0 unspecified atom stereocenters. The summed E-state index contributed by atoms with van der Waals surface area (Å²) in [6, 6.07) is 7.02. The number of aryl methyl sites for hydroxylation is 1. The van der Waals surface area contributed by atoms with Crippen molar-refractivity contribution < 1.29 is 14.4 Å². The van der Waals surface area contributed by atoms with Crippen molar-refractivity contribution in [2.45, 2.75) is 51.5 Å². The molecule has 1 saturated carbocycles. The molecular formula is C19H22N2O3. The van der Waals surface area contributed by atoms with Crippen LogP contribution in [0.4, 0.5) is 4.79 Å². The highest BCUT2D eigenvalue weighted by Crippen LogP contribution is 2.26. The lowest BCUT2D eigenvalue weighted by atomic mass is 9.93. The Morgan fingerprint density at radius 1 is 1.08 bits per heavy atom. The van der Waals surface area contributed by atoms with Crippen LogP contribution in [-0.4, -0.2) is 28.8 Å². The van der Waals surface area contributed by atoms with Crippen LogP contribution in [-0.2, 0) is 16.0 Å². The molecule has 5 nitrogen and oxygen atoms in total. The van der Waals surface area contributed by atoms with Crippen LogP contribution >= 0.6 is 0 Å². The minimum Gasteiger partial charge on any atom is -0.273 e. The average Bonchev–Trinajstić information content (AvgIpc) is 2.60. The number of carbonyl (C=O) groups excluding carboxylic acids is 3. The molecule has 24 heavy (non-hydrogen) atoms. The molecule has 1 N–H and O–H groups in total. The van der Waals surface area contributed by atoms with Crippen molar-refractivity contribution in [1.29, 1.82) is 0 Å². The maximum Gasteiger partial charge on any atom is 0.331 e. The van der Waals surface area contributed by atoms with Gasteiger partial charge in [0.05, 0.1) is 0 Å². The van der Waals surface area contributed by atoms with E-state index in [1.165, 1.54) is 10.5 Å². The molecule has 0 atom stereocenters. The first kappa shape index (κ1) is 16.4. The van der Waals surface area contributed by atoms with Gasteiger partial charge in [0.1, 0.15) is 5.57 Å². The molecule has 2 aliphatic rings. The zero-order valence-electron chi connectivity index (χ0n) is 13.9. The molecule has 1 aromatic rings. The molecule has 1 saturated heterocycles. The van der Waals surface area contributed by atoms with Crippen molar-refractivity contribution in [3.8, 4) is 0 Å². The largest absolute Gasteiger partial charge is 0.331 e. The summed E-state index contributed by atoms with van der Waals surface area (Å²) in [5.74, 6) is -1.09. The van der Waals surface area contributed by atoms with Gasteiger partial charge in [-0.25, -0.2) is 4.79 Å². The van der Waals surface area contributed by atoms with E-state index >= 15 is 0 Å². The van der Waals surface area contributed by atoms with Gasteiger partial charge in [0, 0.05) is 6.04 Å². The lowest BCUT2D eigenvalue weighted by Crippen LogP contribution is -2.58. The standard InChI is InChI=1S/C19H22N2O3/c1-2-13-8-10-14(11-9-13)12-16-17(22)20-19(24)21(18(16)23)15-6-4-3-5-7-15/h8-12,15H,2-7H2,1H3,(H,20,22,24). The van der Waals surface area contributed by atoms with E-state index in [4.69, 9.17) is 0 Å². The van der Waals surface area contributed by atoms with Gasteiger partial charge in [0.15, 0.2) is 0 Å². The Balaban J connectivity index is 1.87. The summed E-state index contributed by atoms with van der Waals surface area (Å²) in [4.78, 5) is 38.3. The number of barbiturate groups is 1. The fraction of sp³-hybridized carbons (Fsp3) is 0.421. The van der Waals surface area contributed by atoms with Crippen LogP contribution in [0.1, 0.15) is 50.2 Å². The molecule has 0 radical (unpaired) electrons. The van der Waals surface area contributed by atoms with E-state index in [-0.39, 0.29) is 11.6 Å². The van der Waals surface area contributed by atoms with Crippen LogP contribution in [0.15, 0.2) is 29.8 Å². The Bertz CT molecular complexity index is 685. The Labute approximate surface area is 141 Å². The number of benzene rings is 1. The van der Waals surface area contributed by atoms with Crippen molar-refractivity contribution in [3.63, 3.8) is 0 Å². The predicted octanol–water partition coefficient (Wildman–Crippen LogP) is 3.04. The lowest BCUT2D eigenvalue weighted by molar-refractivity contribution is -0.132. The summed E-state index contributed by atoms with van der Waals surface area (Å²) in [6.07, 6.45) is 7.27. The highest BCUT2D eigenvalue weighted by molar-refractivity contribution is 6.31. The van der Waals surface area contributed by atoms with Crippen LogP contribution in [0.5, 0.6) is 0 Å². The zero-order chi connectivity index (χ0) is 17.1. The molecule has 126 valence electrons. The van der Waals surface area contributed by atoms with E-state index in [1.807, 2.05) is 24.3 Å². The molecule has 1 heterocycles. The molecule has 1 aliphatic carbocycles. The van der Waals surface area contributed by atoms with Gasteiger partial charge in [-0.15, -0.1) is 0 Å². The smallest absolute Gasteiger partial charge is 0.273 e. The number of amides is 4. The Kier molecular flexibility index (Phi) is 4.79. The molecule has 0 spiro atoms. The van der Waals surface area contributed by atoms with Crippen LogP contribution in [0, 0.1) is 0 Å². The quantitative estimate of drug-likeness (QED) is 0.686. The summed E-state index contributed by atoms with van der Waals surface area (Å²) in [5.41, 5.74) is 2.00. The second kappa shape index (κ2) is 6.99. The highest BCUT2D eigenvalue weighted by atomic mass is 16.2. The minimum absolute atomic E-state index is 0.0319. The molecule has 4 amide bonds. The molecule has 3 rings (SSSR count). The third kappa shape index (κ3) is 3.25. The topological polar surface area (TPSA) is 66.5 Å². The van der Waals surface area contributed by atoms with Gasteiger partial charge in [-0.2, -0.15) is 0 Å². The maximum absolute atomic E-state index is 12.7. The summed E-state index contributed by atoms with van der Waals surface area (Å²) in [6.45, 7) is 2.07. The van der Waals surface area contributed by atoms with E-state index in [0.29, 0.717) is 0 Å². The lowest BCUT2D eigenvalue weighted by Gasteiger charge is -2.35. The van der Waals surface area contributed by atoms with Crippen molar-refractivity contribution in [2.75, 3.05) is 0 Å². The number of rotatable bonds is 3. The zero-order valence-corrected chi connectivity index (χ0v) is 13.9. The first-order chi connectivity index (χ1) is 11.6. The van der Waals surface area contributed by atoms with E-state index in [1.54, 1.807) is 6.08 Å². The number of hydrogen-bond donors (Lipinski definition) is 1. The van der Waals surface area contributed by atoms with Crippen molar-refractivity contribution in [3.05, 3.63) is 41.0 Å². The maximum atomic E-state index is 12.7. The Morgan fingerprint density at radius 3 is 2.38 bits per heavy atom. The molecular weight excluding hydrogens is 304 g/mol. The van der Waals surface area contributed by atoms with Gasteiger partial charge >= 0.3 is 6.03 Å². The van der Waals surface area contributed by atoms with E-state index < -0.39 is 17.8 Å². The van der Waals surface area contributed by atoms with Crippen molar-refractivity contribution in [2.24, 2.45) is 0 Å². The van der Waals surface area contributed by atoms with E-state index in [0.717, 1.165) is 44.1 Å². The van der Waals surface area contributed by atoms with Gasteiger partial charge in [-0.1, -0.05) is 50.5 Å². The monoisotopic (exact) mass is 326 g/mol. The number of carbonyl (C=O) groups is 3. The fourth-order valence-corrected chi connectivity index (χ4v) is 3.36. The minimum atomic E-state index is -0.614. The third-order valence-electron chi connectivity index (χ3n) is 4.77. The number of hydrogen-bond acceptors (Lipinski definition) is 3. The van der Waals surface area contributed by atoms with Crippen LogP contribution in [0.2, 0.25) is 0 Å². The van der Waals surface area contributed by atoms with Gasteiger partial charge in [-0.3, -0.25) is 19.8 Å². The second-order valence-electron chi connectivity index (χ2n) is 6.38. The Hall–Kier alpha value is -2.43. The van der Waals surface area contributed by atoms with Gasteiger partial charge < -0.3 is 0 Å². The van der Waals surface area contributed by atoms with Gasteiger partial charge in [0.25, 0.3) is 11.8 Å². The van der Waals surface area contributed by atoms with Crippen molar-refractivity contribution in [1.82, 2.24) is 10.2 Å². The molecule has 0 aromatic heterocycles. The first-order valence-electron chi connectivity index (χ1n) is 8.59. The summed E-state index contributed by atoms with van der Waals surface area (Å²) >= 11 is 0. The van der Waals surface area contributed by atoms with Gasteiger partial charge in [0.2, 0.25) is 0 Å².